The molecule has 0 aliphatic heterocycles. The number of thioether (sulfide) groups is 1. The van der Waals surface area contributed by atoms with E-state index in [0.29, 0.717) is 0 Å². The average Bonchev–Trinajstić information content (AvgIpc) is 3.12. The second kappa shape index (κ2) is 5.89. The molecule has 3 heteroatoms. The van der Waals surface area contributed by atoms with Crippen LogP contribution in [-0.2, 0) is 6.54 Å². The van der Waals surface area contributed by atoms with E-state index in [-0.39, 0.29) is 11.4 Å². The van der Waals surface area contributed by atoms with E-state index in [9.17, 15) is 5.11 Å². The molecule has 1 aromatic rings. The minimum absolute atomic E-state index is 0.241. The molecule has 0 radical (unpaired) electrons. The number of aliphatic hydroxyl groups excluding tert-OH is 1. The van der Waals surface area contributed by atoms with E-state index in [2.05, 4.69) is 36.5 Å². The van der Waals surface area contributed by atoms with Crippen LogP contribution in [0.5, 0.6) is 0 Å². The topological polar surface area (TPSA) is 32.3 Å². The summed E-state index contributed by atoms with van der Waals surface area (Å²) in [6, 6.07) is 9.40. The van der Waals surface area contributed by atoms with Crippen LogP contribution in [0.1, 0.15) is 32.3 Å². The number of hydrogen-bond acceptors (Lipinski definition) is 3. The van der Waals surface area contributed by atoms with Gasteiger partial charge in [-0.25, -0.2) is 0 Å². The van der Waals surface area contributed by atoms with Crippen LogP contribution < -0.4 is 5.32 Å². The molecule has 2 unspecified atom stereocenters. The predicted octanol–water partition coefficient (Wildman–Crippen LogP) is 2.80. The largest absolute Gasteiger partial charge is 0.392 e. The van der Waals surface area contributed by atoms with Crippen molar-refractivity contribution in [3.8, 4) is 0 Å². The van der Waals surface area contributed by atoms with Crippen molar-refractivity contribution in [2.45, 2.75) is 55.5 Å². The molecule has 94 valence electrons. The summed E-state index contributed by atoms with van der Waals surface area (Å²) < 4.78 is 0. The third-order valence-electron chi connectivity index (χ3n) is 3.10. The summed E-state index contributed by atoms with van der Waals surface area (Å²) in [5.74, 6) is 0. The van der Waals surface area contributed by atoms with Gasteiger partial charge in [-0.3, -0.25) is 0 Å². The molecular formula is C14H21NOS. The van der Waals surface area contributed by atoms with Gasteiger partial charge in [-0.1, -0.05) is 19.1 Å². The zero-order chi connectivity index (χ0) is 12.3. The third-order valence-corrected chi connectivity index (χ3v) is 4.41. The number of rotatable bonds is 6. The molecule has 2 rings (SSSR count). The maximum absolute atomic E-state index is 9.46. The quantitative estimate of drug-likeness (QED) is 0.763. The van der Waals surface area contributed by atoms with Crippen LogP contribution >= 0.6 is 11.8 Å². The lowest BCUT2D eigenvalue weighted by Gasteiger charge is -2.14. The van der Waals surface area contributed by atoms with Crippen molar-refractivity contribution in [3.05, 3.63) is 29.8 Å². The van der Waals surface area contributed by atoms with Gasteiger partial charge < -0.3 is 10.4 Å². The molecule has 1 saturated carbocycles. The molecule has 1 aromatic carbocycles. The van der Waals surface area contributed by atoms with Crippen molar-refractivity contribution in [2.75, 3.05) is 0 Å². The Balaban J connectivity index is 1.83. The van der Waals surface area contributed by atoms with Gasteiger partial charge in [0.1, 0.15) is 0 Å². The molecule has 0 aromatic heterocycles. The fourth-order valence-corrected chi connectivity index (χ4v) is 2.47. The van der Waals surface area contributed by atoms with Gasteiger partial charge in [0.15, 0.2) is 0 Å². The molecule has 1 aliphatic rings. The normalized spacial score (nSPS) is 19.0. The molecule has 2 N–H and O–H groups in total. The summed E-state index contributed by atoms with van der Waals surface area (Å²) in [5, 5.41) is 13.2. The van der Waals surface area contributed by atoms with Crippen LogP contribution in [0.4, 0.5) is 0 Å². The monoisotopic (exact) mass is 251 g/mol. The van der Waals surface area contributed by atoms with Crippen LogP contribution in [0.3, 0.4) is 0 Å². The van der Waals surface area contributed by atoms with Crippen LogP contribution in [-0.4, -0.2) is 22.5 Å². The molecule has 0 heterocycles. The second-order valence-electron chi connectivity index (χ2n) is 4.86. The first kappa shape index (κ1) is 12.9. The van der Waals surface area contributed by atoms with Crippen molar-refractivity contribution in [1.29, 1.82) is 0 Å². The first-order chi connectivity index (χ1) is 8.15. The number of benzene rings is 1. The average molecular weight is 251 g/mol. The highest BCUT2D eigenvalue weighted by atomic mass is 32.2. The van der Waals surface area contributed by atoms with E-state index >= 15 is 0 Å². The molecule has 0 amide bonds. The highest BCUT2D eigenvalue weighted by Gasteiger charge is 2.19. The lowest BCUT2D eigenvalue weighted by molar-refractivity contribution is 0.196. The molecule has 1 fully saturated rings. The summed E-state index contributed by atoms with van der Waals surface area (Å²) in [5.41, 5.74) is 1.34. The zero-order valence-electron chi connectivity index (χ0n) is 10.5. The van der Waals surface area contributed by atoms with Crippen molar-refractivity contribution < 1.29 is 5.11 Å². The van der Waals surface area contributed by atoms with Gasteiger partial charge in [-0.05, 0) is 37.5 Å². The second-order valence-corrected chi connectivity index (χ2v) is 6.31. The third kappa shape index (κ3) is 4.34. The molecule has 0 spiro atoms. The summed E-state index contributed by atoms with van der Waals surface area (Å²) in [4.78, 5) is 1.23. The molecule has 0 saturated heterocycles. The van der Waals surface area contributed by atoms with Crippen LogP contribution in [0.2, 0.25) is 0 Å². The van der Waals surface area contributed by atoms with E-state index in [1.807, 2.05) is 6.92 Å². The Morgan fingerprint density at radius 2 is 1.94 bits per heavy atom. The lowest BCUT2D eigenvalue weighted by Crippen LogP contribution is -2.15. The molecule has 2 nitrogen and oxygen atoms in total. The van der Waals surface area contributed by atoms with Gasteiger partial charge in [0.25, 0.3) is 0 Å². The van der Waals surface area contributed by atoms with E-state index in [1.165, 1.54) is 23.3 Å². The molecule has 2 atom stereocenters. The summed E-state index contributed by atoms with van der Waals surface area (Å²) in [7, 11) is 0. The lowest BCUT2D eigenvalue weighted by atomic mass is 10.2. The molecule has 1 aliphatic carbocycles. The van der Waals surface area contributed by atoms with Crippen molar-refractivity contribution in [2.24, 2.45) is 0 Å². The van der Waals surface area contributed by atoms with Crippen LogP contribution in [0.25, 0.3) is 0 Å². The number of nitrogens with one attached hydrogen (secondary N) is 1. The van der Waals surface area contributed by atoms with E-state index < -0.39 is 0 Å². The molecular weight excluding hydrogens is 230 g/mol. The zero-order valence-corrected chi connectivity index (χ0v) is 11.3. The first-order valence-corrected chi connectivity index (χ1v) is 7.20. The van der Waals surface area contributed by atoms with Gasteiger partial charge in [-0.15, -0.1) is 11.8 Å². The summed E-state index contributed by atoms with van der Waals surface area (Å²) in [6.07, 6.45) is 2.40. The smallest absolute Gasteiger partial charge is 0.0631 e. The standard InChI is InChI=1S/C14H21NOS/c1-10(16)11(2)17-14-7-3-12(4-8-14)9-15-13-5-6-13/h3-4,7-8,10-11,13,15-16H,5-6,9H2,1-2H3. The minimum atomic E-state index is -0.267. The summed E-state index contributed by atoms with van der Waals surface area (Å²) in [6.45, 7) is 4.87. The highest BCUT2D eigenvalue weighted by Crippen LogP contribution is 2.25. The van der Waals surface area contributed by atoms with Gasteiger partial charge in [0.05, 0.1) is 6.10 Å². The van der Waals surface area contributed by atoms with E-state index in [4.69, 9.17) is 0 Å². The minimum Gasteiger partial charge on any atom is -0.392 e. The fourth-order valence-electron chi connectivity index (χ4n) is 1.55. The van der Waals surface area contributed by atoms with Gasteiger partial charge in [0, 0.05) is 22.7 Å². The Morgan fingerprint density at radius 3 is 2.47 bits per heavy atom. The first-order valence-electron chi connectivity index (χ1n) is 6.32. The maximum atomic E-state index is 9.46. The Kier molecular flexibility index (Phi) is 4.48. The van der Waals surface area contributed by atoms with E-state index in [0.717, 1.165) is 12.6 Å². The van der Waals surface area contributed by atoms with Gasteiger partial charge in [-0.2, -0.15) is 0 Å². The fraction of sp³-hybridized carbons (Fsp3) is 0.571. The highest BCUT2D eigenvalue weighted by molar-refractivity contribution is 8.00. The number of aliphatic hydroxyl groups is 1. The van der Waals surface area contributed by atoms with Crippen molar-refractivity contribution >= 4 is 11.8 Å². The van der Waals surface area contributed by atoms with Crippen molar-refractivity contribution in [3.63, 3.8) is 0 Å². The SMILES string of the molecule is CC(O)C(C)Sc1ccc(CNC2CC2)cc1. The Bertz CT molecular complexity index is 346. The van der Waals surface area contributed by atoms with E-state index in [1.54, 1.807) is 11.8 Å². The summed E-state index contributed by atoms with van der Waals surface area (Å²) >= 11 is 1.73. The van der Waals surface area contributed by atoms with Gasteiger partial charge >= 0.3 is 0 Å². The maximum Gasteiger partial charge on any atom is 0.0631 e. The molecule has 17 heavy (non-hydrogen) atoms. The Hall–Kier alpha value is -0.510. The van der Waals surface area contributed by atoms with Gasteiger partial charge in [0.2, 0.25) is 0 Å². The van der Waals surface area contributed by atoms with Crippen LogP contribution in [0.15, 0.2) is 29.2 Å². The number of hydrogen-bond donors (Lipinski definition) is 2. The van der Waals surface area contributed by atoms with Crippen LogP contribution in [0, 0.1) is 0 Å². The molecule has 0 bridgehead atoms. The Morgan fingerprint density at radius 1 is 1.29 bits per heavy atom. The Labute approximate surface area is 108 Å². The van der Waals surface area contributed by atoms with Crippen molar-refractivity contribution in [1.82, 2.24) is 5.32 Å². The predicted molar refractivity (Wildman–Crippen MR) is 73.3 cm³/mol.